The van der Waals surface area contributed by atoms with Crippen LogP contribution in [0.5, 0.6) is 0 Å². The summed E-state index contributed by atoms with van der Waals surface area (Å²) in [4.78, 5) is 0.964. The first-order chi connectivity index (χ1) is 7.45. The average molecular weight is 241 g/mol. The number of thioether (sulfide) groups is 1. The lowest BCUT2D eigenvalue weighted by molar-refractivity contribution is 0.000900. The van der Waals surface area contributed by atoms with Gasteiger partial charge in [0.25, 0.3) is 5.92 Å². The van der Waals surface area contributed by atoms with Gasteiger partial charge in [-0.3, -0.25) is 0 Å². The van der Waals surface area contributed by atoms with Gasteiger partial charge >= 0.3 is 0 Å². The van der Waals surface area contributed by atoms with Crippen molar-refractivity contribution < 1.29 is 8.78 Å². The molecule has 0 aliphatic carbocycles. The van der Waals surface area contributed by atoms with Gasteiger partial charge in [-0.2, -0.15) is 5.26 Å². The number of hydrogen-bond donors (Lipinski definition) is 0. The third-order valence-corrected chi connectivity index (χ3v) is 2.97. The van der Waals surface area contributed by atoms with Crippen molar-refractivity contribution in [2.24, 2.45) is 0 Å². The normalized spacial score (nSPS) is 11.5. The highest BCUT2D eigenvalue weighted by Crippen LogP contribution is 2.33. The predicted octanol–water partition coefficient (Wildman–Crippen LogP) is 4.19. The van der Waals surface area contributed by atoms with E-state index in [1.807, 2.05) is 13.8 Å². The Morgan fingerprint density at radius 1 is 1.31 bits per heavy atom. The molecule has 0 unspecified atom stereocenters. The largest absolute Gasteiger partial charge is 0.286 e. The molecule has 0 aliphatic heterocycles. The number of hydrogen-bond acceptors (Lipinski definition) is 2. The second-order valence-corrected chi connectivity index (χ2v) is 5.38. The van der Waals surface area contributed by atoms with E-state index in [0.717, 1.165) is 4.90 Å². The molecule has 0 aromatic heterocycles. The van der Waals surface area contributed by atoms with E-state index in [1.165, 1.54) is 18.2 Å². The highest BCUT2D eigenvalue weighted by atomic mass is 32.2. The lowest BCUT2D eigenvalue weighted by Gasteiger charge is -2.13. The zero-order valence-electron chi connectivity index (χ0n) is 9.21. The second-order valence-electron chi connectivity index (χ2n) is 3.73. The summed E-state index contributed by atoms with van der Waals surface area (Å²) in [6.07, 6.45) is -0.774. The van der Waals surface area contributed by atoms with Crippen molar-refractivity contribution in [2.45, 2.75) is 36.3 Å². The van der Waals surface area contributed by atoms with Crippen molar-refractivity contribution in [3.8, 4) is 6.07 Å². The number of rotatable bonds is 4. The minimum absolute atomic E-state index is 0.0952. The Hall–Kier alpha value is -1.08. The smallest absolute Gasteiger partial charge is 0.200 e. The number of alkyl halides is 2. The molecule has 86 valence electrons. The maximum absolute atomic E-state index is 13.3. The molecular weight excluding hydrogens is 228 g/mol. The fourth-order valence-electron chi connectivity index (χ4n) is 1.25. The van der Waals surface area contributed by atoms with Crippen molar-refractivity contribution in [3.05, 3.63) is 29.8 Å². The van der Waals surface area contributed by atoms with Gasteiger partial charge in [0.2, 0.25) is 0 Å². The molecule has 0 heterocycles. The number of benzene rings is 1. The van der Waals surface area contributed by atoms with Crippen molar-refractivity contribution >= 4 is 11.8 Å². The molecule has 1 rings (SSSR count). The highest BCUT2D eigenvalue weighted by molar-refractivity contribution is 7.99. The third kappa shape index (κ3) is 3.49. The van der Waals surface area contributed by atoms with Gasteiger partial charge in [0.05, 0.1) is 6.07 Å². The Morgan fingerprint density at radius 3 is 2.31 bits per heavy atom. The highest BCUT2D eigenvalue weighted by Gasteiger charge is 2.30. The molecule has 0 spiro atoms. The van der Waals surface area contributed by atoms with Gasteiger partial charge in [0.1, 0.15) is 6.42 Å². The van der Waals surface area contributed by atoms with Crippen LogP contribution in [0, 0.1) is 11.3 Å². The van der Waals surface area contributed by atoms with Crippen molar-refractivity contribution in [3.63, 3.8) is 0 Å². The van der Waals surface area contributed by atoms with E-state index in [0.29, 0.717) is 5.25 Å². The van der Waals surface area contributed by atoms with Crippen LogP contribution in [0.4, 0.5) is 8.78 Å². The average Bonchev–Trinajstić information content (AvgIpc) is 2.17. The molecule has 0 aliphatic rings. The first-order valence-electron chi connectivity index (χ1n) is 4.97. The standard InChI is InChI=1S/C12H13F2NS/c1-9(2)16-11-5-3-10(4-6-11)12(13,14)7-8-15/h3-6,9H,7H2,1-2H3. The van der Waals surface area contributed by atoms with E-state index in [2.05, 4.69) is 0 Å². The van der Waals surface area contributed by atoms with Crippen LogP contribution >= 0.6 is 11.8 Å². The zero-order valence-corrected chi connectivity index (χ0v) is 10.0. The summed E-state index contributed by atoms with van der Waals surface area (Å²) >= 11 is 1.62. The lowest BCUT2D eigenvalue weighted by Crippen LogP contribution is -2.11. The van der Waals surface area contributed by atoms with Gasteiger partial charge < -0.3 is 0 Å². The molecule has 1 aromatic carbocycles. The Labute approximate surface area is 98.5 Å². The fourth-order valence-corrected chi connectivity index (χ4v) is 2.09. The van der Waals surface area contributed by atoms with E-state index in [9.17, 15) is 8.78 Å². The summed E-state index contributed by atoms with van der Waals surface area (Å²) in [6, 6.07) is 7.62. The van der Waals surface area contributed by atoms with Crippen LogP contribution in [0.1, 0.15) is 25.8 Å². The van der Waals surface area contributed by atoms with E-state index in [1.54, 1.807) is 23.9 Å². The Kier molecular flexibility index (Phi) is 4.31. The molecule has 0 radical (unpaired) electrons. The molecule has 1 aromatic rings. The monoisotopic (exact) mass is 241 g/mol. The summed E-state index contributed by atoms with van der Waals surface area (Å²) in [5.74, 6) is -3.05. The van der Waals surface area contributed by atoms with Gasteiger partial charge in [0, 0.05) is 15.7 Å². The van der Waals surface area contributed by atoms with Crippen LogP contribution in [0.2, 0.25) is 0 Å². The van der Waals surface area contributed by atoms with Crippen molar-refractivity contribution in [1.29, 1.82) is 5.26 Å². The predicted molar refractivity (Wildman–Crippen MR) is 61.6 cm³/mol. The minimum atomic E-state index is -3.05. The van der Waals surface area contributed by atoms with E-state index < -0.39 is 12.3 Å². The maximum Gasteiger partial charge on any atom is 0.286 e. The van der Waals surface area contributed by atoms with E-state index in [-0.39, 0.29) is 5.56 Å². The summed E-state index contributed by atoms with van der Waals surface area (Å²) in [7, 11) is 0. The topological polar surface area (TPSA) is 23.8 Å². The maximum atomic E-state index is 13.3. The quantitative estimate of drug-likeness (QED) is 0.738. The molecule has 0 fully saturated rings. The molecule has 0 bridgehead atoms. The molecule has 0 amide bonds. The van der Waals surface area contributed by atoms with E-state index >= 15 is 0 Å². The van der Waals surface area contributed by atoms with Gasteiger partial charge in [-0.1, -0.05) is 26.0 Å². The van der Waals surface area contributed by atoms with Crippen LogP contribution in [0.15, 0.2) is 29.2 Å². The number of halogens is 2. The molecule has 0 atom stereocenters. The SMILES string of the molecule is CC(C)Sc1ccc(C(F)(F)CC#N)cc1. The summed E-state index contributed by atoms with van der Waals surface area (Å²) < 4.78 is 26.6. The first kappa shape index (κ1) is 13.0. The molecule has 0 saturated carbocycles. The Balaban J connectivity index is 2.83. The molecular formula is C12H13F2NS. The summed E-state index contributed by atoms with van der Waals surface area (Å²) in [5, 5.41) is 8.72. The lowest BCUT2D eigenvalue weighted by atomic mass is 10.1. The zero-order chi connectivity index (χ0) is 12.2. The first-order valence-corrected chi connectivity index (χ1v) is 5.85. The Morgan fingerprint density at radius 2 is 1.88 bits per heavy atom. The molecule has 4 heteroatoms. The number of nitriles is 1. The second kappa shape index (κ2) is 5.31. The van der Waals surface area contributed by atoms with Gasteiger partial charge in [-0.05, 0) is 12.1 Å². The molecule has 16 heavy (non-hydrogen) atoms. The van der Waals surface area contributed by atoms with Gasteiger partial charge in [0.15, 0.2) is 0 Å². The minimum Gasteiger partial charge on any atom is -0.200 e. The summed E-state index contributed by atoms with van der Waals surface area (Å²) in [5.41, 5.74) is -0.0952. The van der Waals surface area contributed by atoms with E-state index in [4.69, 9.17) is 5.26 Å². The molecule has 0 saturated heterocycles. The van der Waals surface area contributed by atoms with Crippen molar-refractivity contribution in [1.82, 2.24) is 0 Å². The van der Waals surface area contributed by atoms with Crippen LogP contribution in [0.3, 0.4) is 0 Å². The van der Waals surface area contributed by atoms with Gasteiger partial charge in [-0.25, -0.2) is 8.78 Å². The van der Waals surface area contributed by atoms with Gasteiger partial charge in [-0.15, -0.1) is 11.8 Å². The Bertz CT molecular complexity index is 379. The molecule has 1 nitrogen and oxygen atoms in total. The van der Waals surface area contributed by atoms with Crippen LogP contribution < -0.4 is 0 Å². The summed E-state index contributed by atoms with van der Waals surface area (Å²) in [6.45, 7) is 4.09. The molecule has 0 N–H and O–H groups in total. The third-order valence-electron chi connectivity index (χ3n) is 1.95. The number of nitrogens with zero attached hydrogens (tertiary/aromatic N) is 1. The van der Waals surface area contributed by atoms with Crippen LogP contribution in [0.25, 0.3) is 0 Å². The van der Waals surface area contributed by atoms with Crippen LogP contribution in [-0.2, 0) is 5.92 Å². The fraction of sp³-hybridized carbons (Fsp3) is 0.417. The van der Waals surface area contributed by atoms with Crippen molar-refractivity contribution in [2.75, 3.05) is 0 Å². The van der Waals surface area contributed by atoms with Crippen LogP contribution in [-0.4, -0.2) is 5.25 Å².